The number of imide groups is 1. The van der Waals surface area contributed by atoms with Crippen LogP contribution in [-0.4, -0.2) is 54.5 Å². The second kappa shape index (κ2) is 7.42. The van der Waals surface area contributed by atoms with E-state index >= 15 is 0 Å². The van der Waals surface area contributed by atoms with Gasteiger partial charge in [0.25, 0.3) is 11.1 Å². The SMILES string of the molecule is O=C(CN1C(=O)S/C(=C\c2ccc(Cl)cc2)C1=O)N[C@H]1CCS(=O)(=O)C1. The number of carbonyl (C=O) groups excluding carboxylic acids is 3. The third-order valence-corrected chi connectivity index (χ3v) is 6.87. The molecule has 0 saturated carbocycles. The molecule has 1 atom stereocenters. The largest absolute Gasteiger partial charge is 0.351 e. The summed E-state index contributed by atoms with van der Waals surface area (Å²) in [6.45, 7) is -0.431. The highest BCUT2D eigenvalue weighted by Crippen LogP contribution is 2.32. The maximum atomic E-state index is 12.4. The zero-order valence-corrected chi connectivity index (χ0v) is 15.9. The van der Waals surface area contributed by atoms with Gasteiger partial charge in [0.05, 0.1) is 16.4 Å². The summed E-state index contributed by atoms with van der Waals surface area (Å²) < 4.78 is 22.8. The normalized spacial score (nSPS) is 23.7. The number of benzene rings is 1. The van der Waals surface area contributed by atoms with E-state index < -0.39 is 39.5 Å². The molecule has 0 bridgehead atoms. The van der Waals surface area contributed by atoms with E-state index in [4.69, 9.17) is 11.6 Å². The Hall–Kier alpha value is -1.84. The van der Waals surface area contributed by atoms with Gasteiger partial charge in [-0.05, 0) is 42.0 Å². The predicted molar refractivity (Wildman–Crippen MR) is 99.3 cm³/mol. The number of nitrogens with zero attached hydrogens (tertiary/aromatic N) is 1. The number of carbonyl (C=O) groups is 3. The highest BCUT2D eigenvalue weighted by Gasteiger charge is 2.37. The average Bonchev–Trinajstić information content (AvgIpc) is 3.03. The molecule has 0 aromatic heterocycles. The molecule has 3 rings (SSSR count). The zero-order chi connectivity index (χ0) is 18.9. The summed E-state index contributed by atoms with van der Waals surface area (Å²) in [7, 11) is -3.12. The molecule has 2 aliphatic heterocycles. The number of hydrogen-bond donors (Lipinski definition) is 1. The van der Waals surface area contributed by atoms with Gasteiger partial charge in [-0.15, -0.1) is 0 Å². The molecule has 2 fully saturated rings. The van der Waals surface area contributed by atoms with Crippen molar-refractivity contribution in [2.45, 2.75) is 12.5 Å². The topological polar surface area (TPSA) is 101 Å². The molecule has 2 saturated heterocycles. The van der Waals surface area contributed by atoms with Crippen molar-refractivity contribution in [2.75, 3.05) is 18.1 Å². The van der Waals surface area contributed by atoms with Crippen LogP contribution in [0.15, 0.2) is 29.2 Å². The molecule has 26 heavy (non-hydrogen) atoms. The van der Waals surface area contributed by atoms with Crippen molar-refractivity contribution in [1.29, 1.82) is 0 Å². The third kappa shape index (κ3) is 4.46. The number of thioether (sulfide) groups is 1. The maximum absolute atomic E-state index is 12.4. The minimum absolute atomic E-state index is 0.0311. The predicted octanol–water partition coefficient (Wildman–Crippen LogP) is 1.68. The summed E-state index contributed by atoms with van der Waals surface area (Å²) in [5.74, 6) is -1.19. The van der Waals surface area contributed by atoms with Crippen LogP contribution in [0.1, 0.15) is 12.0 Å². The fraction of sp³-hybridized carbons (Fsp3) is 0.312. The van der Waals surface area contributed by atoms with Crippen molar-refractivity contribution >= 4 is 56.3 Å². The second-order valence-corrected chi connectivity index (χ2v) is 9.65. The minimum atomic E-state index is -3.12. The van der Waals surface area contributed by atoms with Crippen LogP contribution in [-0.2, 0) is 19.4 Å². The Kier molecular flexibility index (Phi) is 5.40. The Balaban J connectivity index is 1.63. The van der Waals surface area contributed by atoms with Gasteiger partial charge in [0.15, 0.2) is 9.84 Å². The summed E-state index contributed by atoms with van der Waals surface area (Å²) in [6.07, 6.45) is 1.90. The lowest BCUT2D eigenvalue weighted by Crippen LogP contribution is -2.43. The van der Waals surface area contributed by atoms with E-state index in [-0.39, 0.29) is 16.4 Å². The van der Waals surface area contributed by atoms with Crippen molar-refractivity contribution in [1.82, 2.24) is 10.2 Å². The molecule has 138 valence electrons. The van der Waals surface area contributed by atoms with Gasteiger partial charge in [0, 0.05) is 11.1 Å². The molecule has 7 nitrogen and oxygen atoms in total. The fourth-order valence-electron chi connectivity index (χ4n) is 2.67. The number of nitrogens with one attached hydrogen (secondary N) is 1. The molecular weight excluding hydrogens is 400 g/mol. The number of rotatable bonds is 4. The Labute approximate surface area is 159 Å². The van der Waals surface area contributed by atoms with Gasteiger partial charge in [-0.3, -0.25) is 19.3 Å². The zero-order valence-electron chi connectivity index (χ0n) is 13.5. The van der Waals surface area contributed by atoms with Gasteiger partial charge in [-0.2, -0.15) is 0 Å². The van der Waals surface area contributed by atoms with E-state index in [2.05, 4.69) is 5.32 Å². The van der Waals surface area contributed by atoms with Crippen LogP contribution in [0.3, 0.4) is 0 Å². The molecule has 0 radical (unpaired) electrons. The van der Waals surface area contributed by atoms with E-state index in [1.165, 1.54) is 0 Å². The molecule has 0 unspecified atom stereocenters. The number of amides is 3. The molecule has 1 aromatic carbocycles. The maximum Gasteiger partial charge on any atom is 0.294 e. The lowest BCUT2D eigenvalue weighted by molar-refractivity contribution is -0.129. The fourth-order valence-corrected chi connectivity index (χ4v) is 5.31. The summed E-state index contributed by atoms with van der Waals surface area (Å²) in [5, 5.41) is 2.58. The summed E-state index contributed by atoms with van der Waals surface area (Å²) in [4.78, 5) is 37.6. The first-order chi connectivity index (χ1) is 12.2. The van der Waals surface area contributed by atoms with Crippen molar-refractivity contribution < 1.29 is 22.8 Å². The number of halogens is 1. The first-order valence-electron chi connectivity index (χ1n) is 7.74. The van der Waals surface area contributed by atoms with Crippen molar-refractivity contribution in [2.24, 2.45) is 0 Å². The van der Waals surface area contributed by atoms with Gasteiger partial charge >= 0.3 is 0 Å². The van der Waals surface area contributed by atoms with Crippen LogP contribution < -0.4 is 5.32 Å². The standard InChI is InChI=1S/C16H15ClN2O5S2/c17-11-3-1-10(2-4-11)7-13-15(21)19(16(22)25-13)8-14(20)18-12-5-6-26(23,24)9-12/h1-4,7,12H,5-6,8-9H2,(H,18,20)/b13-7-/t12-/m0/s1. The van der Waals surface area contributed by atoms with Gasteiger partial charge < -0.3 is 5.32 Å². The monoisotopic (exact) mass is 414 g/mol. The van der Waals surface area contributed by atoms with Gasteiger partial charge in [-0.25, -0.2) is 8.42 Å². The van der Waals surface area contributed by atoms with Crippen LogP contribution in [0, 0.1) is 0 Å². The van der Waals surface area contributed by atoms with E-state index in [1.54, 1.807) is 30.3 Å². The lowest BCUT2D eigenvalue weighted by Gasteiger charge is -2.15. The minimum Gasteiger partial charge on any atom is -0.351 e. The Bertz CT molecular complexity index is 896. The molecular formula is C16H15ClN2O5S2. The molecule has 0 aliphatic carbocycles. The van der Waals surface area contributed by atoms with E-state index in [0.717, 1.165) is 16.7 Å². The van der Waals surface area contributed by atoms with Crippen LogP contribution in [0.5, 0.6) is 0 Å². The van der Waals surface area contributed by atoms with E-state index in [1.807, 2.05) is 0 Å². The highest BCUT2D eigenvalue weighted by molar-refractivity contribution is 8.18. The molecule has 0 spiro atoms. The molecule has 10 heteroatoms. The quantitative estimate of drug-likeness (QED) is 0.752. The molecule has 2 heterocycles. The lowest BCUT2D eigenvalue weighted by atomic mass is 10.2. The van der Waals surface area contributed by atoms with Gasteiger partial charge in [0.1, 0.15) is 6.54 Å². The first kappa shape index (κ1) is 18.9. The van der Waals surface area contributed by atoms with E-state index in [0.29, 0.717) is 17.0 Å². The van der Waals surface area contributed by atoms with Crippen molar-refractivity contribution in [3.63, 3.8) is 0 Å². The molecule has 1 aromatic rings. The Morgan fingerprint density at radius 2 is 2.00 bits per heavy atom. The average molecular weight is 415 g/mol. The van der Waals surface area contributed by atoms with Gasteiger partial charge in [0.2, 0.25) is 5.91 Å². The van der Waals surface area contributed by atoms with E-state index in [9.17, 15) is 22.8 Å². The molecule has 2 aliphatic rings. The van der Waals surface area contributed by atoms with Crippen molar-refractivity contribution in [3.8, 4) is 0 Å². The second-order valence-electron chi connectivity index (χ2n) is 5.99. The van der Waals surface area contributed by atoms with Crippen LogP contribution in [0.25, 0.3) is 6.08 Å². The number of sulfone groups is 1. The molecule has 1 N–H and O–H groups in total. The highest BCUT2D eigenvalue weighted by atomic mass is 35.5. The van der Waals surface area contributed by atoms with Crippen LogP contribution in [0.2, 0.25) is 5.02 Å². The van der Waals surface area contributed by atoms with Gasteiger partial charge in [-0.1, -0.05) is 23.7 Å². The van der Waals surface area contributed by atoms with Crippen LogP contribution in [0.4, 0.5) is 4.79 Å². The van der Waals surface area contributed by atoms with Crippen LogP contribution >= 0.6 is 23.4 Å². The third-order valence-electron chi connectivity index (χ3n) is 3.94. The summed E-state index contributed by atoms with van der Waals surface area (Å²) in [5.41, 5.74) is 0.709. The first-order valence-corrected chi connectivity index (χ1v) is 10.8. The Morgan fingerprint density at radius 1 is 1.31 bits per heavy atom. The number of hydrogen-bond acceptors (Lipinski definition) is 6. The molecule has 3 amide bonds. The summed E-state index contributed by atoms with van der Waals surface area (Å²) >= 11 is 6.57. The van der Waals surface area contributed by atoms with Crippen molar-refractivity contribution in [3.05, 3.63) is 39.8 Å². The smallest absolute Gasteiger partial charge is 0.294 e. The summed E-state index contributed by atoms with van der Waals surface area (Å²) in [6, 6.07) is 6.28. The Morgan fingerprint density at radius 3 is 2.62 bits per heavy atom.